The summed E-state index contributed by atoms with van der Waals surface area (Å²) in [5.74, 6) is 0.712. The van der Waals surface area contributed by atoms with Gasteiger partial charge in [0.05, 0.1) is 10.6 Å². The fourth-order valence-corrected chi connectivity index (χ4v) is 2.69. The molecule has 1 aliphatic carbocycles. The summed E-state index contributed by atoms with van der Waals surface area (Å²) in [4.78, 5) is 0. The molecular weight excluding hydrogens is 232 g/mol. The Hall–Kier alpha value is -1.20. The zero-order chi connectivity index (χ0) is 12.4. The second kappa shape index (κ2) is 4.98. The van der Waals surface area contributed by atoms with E-state index in [4.69, 9.17) is 16.9 Å². The number of hydrogen-bond acceptors (Lipinski definition) is 2. The molecule has 0 radical (unpaired) electrons. The Morgan fingerprint density at radius 3 is 2.76 bits per heavy atom. The summed E-state index contributed by atoms with van der Waals surface area (Å²) in [5.41, 5.74) is 2.59. The van der Waals surface area contributed by atoms with Gasteiger partial charge in [0.15, 0.2) is 0 Å². The molecule has 0 aromatic heterocycles. The van der Waals surface area contributed by atoms with Crippen LogP contribution in [0.1, 0.15) is 37.3 Å². The third-order valence-electron chi connectivity index (χ3n) is 3.71. The van der Waals surface area contributed by atoms with Gasteiger partial charge in [-0.1, -0.05) is 24.9 Å². The molecule has 0 aliphatic heterocycles. The number of hydrogen-bond donors (Lipinski definition) is 1. The smallest absolute Gasteiger partial charge is 0.101 e. The van der Waals surface area contributed by atoms with Gasteiger partial charge in [-0.25, -0.2) is 0 Å². The lowest BCUT2D eigenvalue weighted by molar-refractivity contribution is 0.556. The molecule has 3 heteroatoms. The van der Waals surface area contributed by atoms with Crippen LogP contribution >= 0.6 is 11.6 Å². The van der Waals surface area contributed by atoms with Crippen molar-refractivity contribution in [1.29, 1.82) is 5.26 Å². The molecule has 2 rings (SSSR count). The second-order valence-electron chi connectivity index (χ2n) is 4.87. The molecule has 90 valence electrons. The Morgan fingerprint density at radius 1 is 1.41 bits per heavy atom. The Morgan fingerprint density at radius 2 is 2.18 bits per heavy atom. The van der Waals surface area contributed by atoms with Crippen LogP contribution in [0.4, 0.5) is 5.69 Å². The maximum absolute atomic E-state index is 8.91. The normalized spacial score (nSPS) is 23.4. The van der Waals surface area contributed by atoms with E-state index in [1.54, 1.807) is 6.07 Å². The van der Waals surface area contributed by atoms with E-state index in [1.165, 1.54) is 19.3 Å². The standard InChI is InChI=1S/C14H17ClN2/c1-9-4-3-5-12(9)17-13-7-6-11(8-16)14(15)10(13)2/h6-7,9,12,17H,3-5H2,1-2H3/t9-,12?/m0/s1. The summed E-state index contributed by atoms with van der Waals surface area (Å²) in [5, 5.41) is 13.0. The fraction of sp³-hybridized carbons (Fsp3) is 0.500. The van der Waals surface area contributed by atoms with Crippen LogP contribution in [0.25, 0.3) is 0 Å². The van der Waals surface area contributed by atoms with Crippen molar-refractivity contribution in [3.05, 3.63) is 28.3 Å². The van der Waals surface area contributed by atoms with Crippen molar-refractivity contribution in [2.24, 2.45) is 5.92 Å². The van der Waals surface area contributed by atoms with E-state index in [9.17, 15) is 0 Å². The van der Waals surface area contributed by atoms with Crippen LogP contribution in [0.2, 0.25) is 5.02 Å². The highest BCUT2D eigenvalue weighted by atomic mass is 35.5. The van der Waals surface area contributed by atoms with Gasteiger partial charge < -0.3 is 5.32 Å². The molecule has 2 atom stereocenters. The van der Waals surface area contributed by atoms with Crippen molar-refractivity contribution >= 4 is 17.3 Å². The van der Waals surface area contributed by atoms with Crippen molar-refractivity contribution in [2.45, 2.75) is 39.2 Å². The van der Waals surface area contributed by atoms with Gasteiger partial charge in [0.2, 0.25) is 0 Å². The van der Waals surface area contributed by atoms with Crippen LogP contribution in [0.3, 0.4) is 0 Å². The lowest BCUT2D eigenvalue weighted by Gasteiger charge is -2.20. The highest BCUT2D eigenvalue weighted by molar-refractivity contribution is 6.32. The molecule has 0 amide bonds. The average molecular weight is 249 g/mol. The van der Waals surface area contributed by atoms with Gasteiger partial charge >= 0.3 is 0 Å². The SMILES string of the molecule is Cc1c(NC2CCC[C@@H]2C)ccc(C#N)c1Cl. The van der Waals surface area contributed by atoms with Gasteiger partial charge in [0.25, 0.3) is 0 Å². The Bertz CT molecular complexity index is 462. The molecule has 0 bridgehead atoms. The molecule has 17 heavy (non-hydrogen) atoms. The molecule has 2 nitrogen and oxygen atoms in total. The van der Waals surface area contributed by atoms with Gasteiger partial charge in [-0.05, 0) is 43.4 Å². The van der Waals surface area contributed by atoms with Gasteiger partial charge in [-0.2, -0.15) is 5.26 Å². The minimum atomic E-state index is 0.540. The summed E-state index contributed by atoms with van der Waals surface area (Å²) in [7, 11) is 0. The van der Waals surface area contributed by atoms with Crippen LogP contribution in [-0.4, -0.2) is 6.04 Å². The van der Waals surface area contributed by atoms with E-state index < -0.39 is 0 Å². The molecular formula is C14H17ClN2. The number of nitrogens with one attached hydrogen (secondary N) is 1. The number of anilines is 1. The van der Waals surface area contributed by atoms with Gasteiger partial charge in [0, 0.05) is 11.7 Å². The van der Waals surface area contributed by atoms with Gasteiger partial charge in [0.1, 0.15) is 6.07 Å². The topological polar surface area (TPSA) is 35.8 Å². The van der Waals surface area contributed by atoms with Crippen molar-refractivity contribution in [1.82, 2.24) is 0 Å². The lowest BCUT2D eigenvalue weighted by atomic mass is 10.0. The number of nitriles is 1. The molecule has 0 heterocycles. The van der Waals surface area contributed by atoms with Crippen molar-refractivity contribution < 1.29 is 0 Å². The number of benzene rings is 1. The summed E-state index contributed by atoms with van der Waals surface area (Å²) < 4.78 is 0. The molecule has 1 N–H and O–H groups in total. The van der Waals surface area contributed by atoms with Crippen molar-refractivity contribution in [3.8, 4) is 6.07 Å². The van der Waals surface area contributed by atoms with Crippen LogP contribution < -0.4 is 5.32 Å². The third-order valence-corrected chi connectivity index (χ3v) is 4.20. The fourth-order valence-electron chi connectivity index (χ4n) is 2.49. The maximum atomic E-state index is 8.91. The Balaban J connectivity index is 2.22. The monoisotopic (exact) mass is 248 g/mol. The van der Waals surface area contributed by atoms with Crippen LogP contribution in [-0.2, 0) is 0 Å². The third kappa shape index (κ3) is 2.40. The minimum Gasteiger partial charge on any atom is -0.382 e. The van der Waals surface area contributed by atoms with Crippen LogP contribution in [0, 0.1) is 24.2 Å². The predicted octanol–water partition coefficient (Wildman–Crippen LogP) is 4.12. The van der Waals surface area contributed by atoms with E-state index in [-0.39, 0.29) is 0 Å². The zero-order valence-electron chi connectivity index (χ0n) is 10.3. The van der Waals surface area contributed by atoms with Crippen molar-refractivity contribution in [2.75, 3.05) is 5.32 Å². The van der Waals surface area contributed by atoms with Gasteiger partial charge in [-0.15, -0.1) is 0 Å². The molecule has 0 spiro atoms. The summed E-state index contributed by atoms with van der Waals surface area (Å²) >= 11 is 6.16. The average Bonchev–Trinajstić information content (AvgIpc) is 2.71. The van der Waals surface area contributed by atoms with E-state index >= 15 is 0 Å². The highest BCUT2D eigenvalue weighted by Gasteiger charge is 2.23. The molecule has 1 saturated carbocycles. The van der Waals surface area contributed by atoms with E-state index in [0.717, 1.165) is 11.3 Å². The quantitative estimate of drug-likeness (QED) is 0.855. The first kappa shape index (κ1) is 12.3. The van der Waals surface area contributed by atoms with E-state index in [1.807, 2.05) is 13.0 Å². The van der Waals surface area contributed by atoms with Crippen molar-refractivity contribution in [3.63, 3.8) is 0 Å². The first-order chi connectivity index (χ1) is 8.13. The lowest BCUT2D eigenvalue weighted by Crippen LogP contribution is -2.22. The largest absolute Gasteiger partial charge is 0.382 e. The molecule has 1 aliphatic rings. The Kier molecular flexibility index (Phi) is 3.59. The van der Waals surface area contributed by atoms with Crippen LogP contribution in [0.15, 0.2) is 12.1 Å². The molecule has 1 fully saturated rings. The number of rotatable bonds is 2. The number of nitrogens with zero attached hydrogens (tertiary/aromatic N) is 1. The first-order valence-corrected chi connectivity index (χ1v) is 6.47. The minimum absolute atomic E-state index is 0.540. The highest BCUT2D eigenvalue weighted by Crippen LogP contribution is 2.32. The predicted molar refractivity (Wildman–Crippen MR) is 71.3 cm³/mol. The summed E-state index contributed by atoms with van der Waals surface area (Å²) in [6, 6.07) is 6.40. The molecule has 0 saturated heterocycles. The molecule has 1 unspecified atom stereocenters. The zero-order valence-corrected chi connectivity index (χ0v) is 11.0. The van der Waals surface area contributed by atoms with E-state index in [2.05, 4.69) is 18.3 Å². The van der Waals surface area contributed by atoms with Crippen LogP contribution in [0.5, 0.6) is 0 Å². The summed E-state index contributed by atoms with van der Waals surface area (Å²) in [6.07, 6.45) is 3.81. The number of halogens is 1. The maximum Gasteiger partial charge on any atom is 0.101 e. The summed E-state index contributed by atoms with van der Waals surface area (Å²) in [6.45, 7) is 4.25. The van der Waals surface area contributed by atoms with Gasteiger partial charge in [-0.3, -0.25) is 0 Å². The first-order valence-electron chi connectivity index (χ1n) is 6.09. The van der Waals surface area contributed by atoms with E-state index in [0.29, 0.717) is 22.5 Å². The molecule has 1 aromatic carbocycles. The molecule has 1 aromatic rings. The second-order valence-corrected chi connectivity index (χ2v) is 5.25. The Labute approximate surface area is 108 Å².